The molecule has 2 aliphatic rings. The minimum atomic E-state index is -1.00. The zero-order chi connectivity index (χ0) is 25.1. The molecule has 3 aromatic rings. The number of halogens is 2. The Kier molecular flexibility index (Phi) is 7.53. The number of aryl methyl sites for hydroxylation is 1. The monoisotopic (exact) mass is 528 g/mol. The van der Waals surface area contributed by atoms with Gasteiger partial charge in [0.2, 0.25) is 11.7 Å². The SMILES string of the molecule is CC(=O)N1CCN(c2ccc(CCC3COC(Cn4ccnc4)(c4ccc(Cl)cc4Cl)O3)cc2)CC1. The van der Waals surface area contributed by atoms with Crippen LogP contribution in [0.15, 0.2) is 61.2 Å². The first-order valence-corrected chi connectivity index (χ1v) is 13.0. The fraction of sp³-hybridized carbons (Fsp3) is 0.407. The highest BCUT2D eigenvalue weighted by Crippen LogP contribution is 2.41. The van der Waals surface area contributed by atoms with Crippen LogP contribution in [0.4, 0.5) is 5.69 Å². The summed E-state index contributed by atoms with van der Waals surface area (Å²) in [5, 5.41) is 1.09. The largest absolute Gasteiger partial charge is 0.368 e. The summed E-state index contributed by atoms with van der Waals surface area (Å²) in [6.45, 7) is 5.82. The van der Waals surface area contributed by atoms with Gasteiger partial charge in [0.1, 0.15) is 0 Å². The highest BCUT2D eigenvalue weighted by Gasteiger charge is 2.44. The van der Waals surface area contributed by atoms with E-state index in [4.69, 9.17) is 32.7 Å². The summed E-state index contributed by atoms with van der Waals surface area (Å²) in [4.78, 5) is 20.0. The lowest BCUT2D eigenvalue weighted by Crippen LogP contribution is -2.48. The number of imidazole rings is 1. The van der Waals surface area contributed by atoms with Crippen LogP contribution in [0.25, 0.3) is 0 Å². The highest BCUT2D eigenvalue weighted by atomic mass is 35.5. The lowest BCUT2D eigenvalue weighted by molar-refractivity contribution is -0.187. The topological polar surface area (TPSA) is 59.8 Å². The summed E-state index contributed by atoms with van der Waals surface area (Å²) >= 11 is 12.7. The summed E-state index contributed by atoms with van der Waals surface area (Å²) in [5.41, 5.74) is 3.21. The van der Waals surface area contributed by atoms with Crippen molar-refractivity contribution in [3.8, 4) is 0 Å². The summed E-state index contributed by atoms with van der Waals surface area (Å²) < 4.78 is 14.8. The standard InChI is InChI=1S/C27H30Cl2N4O3/c1-20(34)32-12-14-33(15-13-32)23-6-2-21(3-7-23)4-8-24-17-35-27(36-24,18-31-11-10-30-19-31)25-9-5-22(28)16-26(25)29/h2-3,5-7,9-11,16,19,24H,4,8,12-15,17-18H2,1H3. The smallest absolute Gasteiger partial charge is 0.219 e. The van der Waals surface area contributed by atoms with Gasteiger partial charge in [0.25, 0.3) is 0 Å². The lowest BCUT2D eigenvalue weighted by atomic mass is 10.0. The predicted octanol–water partition coefficient (Wildman–Crippen LogP) is 4.76. The Hall–Kier alpha value is -2.58. The van der Waals surface area contributed by atoms with E-state index >= 15 is 0 Å². The van der Waals surface area contributed by atoms with Crippen molar-refractivity contribution in [1.29, 1.82) is 0 Å². The Morgan fingerprint density at radius 2 is 1.89 bits per heavy atom. The normalized spacial score (nSPS) is 22.2. The first-order valence-electron chi connectivity index (χ1n) is 12.2. The zero-order valence-electron chi connectivity index (χ0n) is 20.3. The van der Waals surface area contributed by atoms with Gasteiger partial charge in [0, 0.05) is 61.8 Å². The minimum Gasteiger partial charge on any atom is -0.368 e. The fourth-order valence-corrected chi connectivity index (χ4v) is 5.47. The summed E-state index contributed by atoms with van der Waals surface area (Å²) in [7, 11) is 0. The lowest BCUT2D eigenvalue weighted by Gasteiger charge is -2.35. The van der Waals surface area contributed by atoms with Crippen molar-refractivity contribution in [1.82, 2.24) is 14.5 Å². The van der Waals surface area contributed by atoms with E-state index < -0.39 is 5.79 Å². The molecule has 2 fully saturated rings. The third-order valence-corrected chi connectivity index (χ3v) is 7.48. The fourth-order valence-electron chi connectivity index (χ4n) is 4.92. The van der Waals surface area contributed by atoms with E-state index in [0.29, 0.717) is 23.2 Å². The molecule has 9 heteroatoms. The van der Waals surface area contributed by atoms with Gasteiger partial charge in [-0.2, -0.15) is 0 Å². The van der Waals surface area contributed by atoms with Crippen LogP contribution in [-0.4, -0.2) is 59.2 Å². The molecular weight excluding hydrogens is 499 g/mol. The van der Waals surface area contributed by atoms with E-state index in [9.17, 15) is 4.79 Å². The molecule has 0 bridgehead atoms. The van der Waals surface area contributed by atoms with E-state index in [0.717, 1.165) is 44.6 Å². The van der Waals surface area contributed by atoms with Gasteiger partial charge in [0.05, 0.1) is 30.6 Å². The zero-order valence-corrected chi connectivity index (χ0v) is 21.8. The second-order valence-corrected chi connectivity index (χ2v) is 10.2. The third-order valence-electron chi connectivity index (χ3n) is 6.93. The van der Waals surface area contributed by atoms with E-state index in [-0.39, 0.29) is 12.0 Å². The Morgan fingerprint density at radius 1 is 1.11 bits per heavy atom. The van der Waals surface area contributed by atoms with Gasteiger partial charge in [-0.15, -0.1) is 0 Å². The Balaban J connectivity index is 1.22. The molecule has 36 heavy (non-hydrogen) atoms. The second-order valence-electron chi connectivity index (χ2n) is 9.36. The van der Waals surface area contributed by atoms with Crippen molar-refractivity contribution in [2.75, 3.05) is 37.7 Å². The number of carbonyl (C=O) groups excluding carboxylic acids is 1. The number of hydrogen-bond donors (Lipinski definition) is 0. The van der Waals surface area contributed by atoms with Crippen LogP contribution in [-0.2, 0) is 33.0 Å². The molecule has 5 rings (SSSR count). The average molecular weight is 529 g/mol. The first kappa shape index (κ1) is 25.1. The number of piperazine rings is 1. The van der Waals surface area contributed by atoms with E-state index in [2.05, 4.69) is 34.1 Å². The summed E-state index contributed by atoms with van der Waals surface area (Å²) in [6, 6.07) is 14.1. The molecule has 1 aromatic heterocycles. The van der Waals surface area contributed by atoms with Crippen LogP contribution < -0.4 is 4.90 Å². The van der Waals surface area contributed by atoms with Crippen molar-refractivity contribution in [3.63, 3.8) is 0 Å². The summed E-state index contributed by atoms with van der Waals surface area (Å²) in [5.74, 6) is -0.852. The number of ether oxygens (including phenoxy) is 2. The molecule has 190 valence electrons. The Bertz CT molecular complexity index is 1180. The molecule has 2 unspecified atom stereocenters. The van der Waals surface area contributed by atoms with E-state index in [1.807, 2.05) is 21.7 Å². The number of carbonyl (C=O) groups is 1. The quantitative estimate of drug-likeness (QED) is 0.442. The van der Waals surface area contributed by atoms with Crippen molar-refractivity contribution in [2.45, 2.75) is 38.2 Å². The van der Waals surface area contributed by atoms with Gasteiger partial charge >= 0.3 is 0 Å². The Labute approximate surface area is 221 Å². The van der Waals surface area contributed by atoms with Gasteiger partial charge in [-0.25, -0.2) is 4.98 Å². The molecule has 1 amide bonds. The molecule has 2 saturated heterocycles. The number of nitrogens with zero attached hydrogens (tertiary/aromatic N) is 4. The molecule has 0 N–H and O–H groups in total. The molecule has 0 radical (unpaired) electrons. The van der Waals surface area contributed by atoms with Gasteiger partial charge < -0.3 is 23.8 Å². The first-order chi connectivity index (χ1) is 17.4. The maximum absolute atomic E-state index is 11.6. The molecular formula is C27H30Cl2N4O3. The highest BCUT2D eigenvalue weighted by molar-refractivity contribution is 6.35. The predicted molar refractivity (Wildman–Crippen MR) is 140 cm³/mol. The number of amides is 1. The van der Waals surface area contributed by atoms with Crippen LogP contribution in [0.1, 0.15) is 24.5 Å². The number of anilines is 1. The van der Waals surface area contributed by atoms with Crippen LogP contribution in [0.3, 0.4) is 0 Å². The number of benzene rings is 2. The van der Waals surface area contributed by atoms with Crippen molar-refractivity contribution in [3.05, 3.63) is 82.4 Å². The molecule has 2 aliphatic heterocycles. The van der Waals surface area contributed by atoms with Gasteiger partial charge in [-0.1, -0.05) is 41.4 Å². The number of rotatable bonds is 7. The molecule has 7 nitrogen and oxygen atoms in total. The van der Waals surface area contributed by atoms with Gasteiger partial charge in [0.15, 0.2) is 0 Å². The molecule has 2 atom stereocenters. The van der Waals surface area contributed by atoms with Crippen molar-refractivity contribution >= 4 is 34.8 Å². The van der Waals surface area contributed by atoms with Crippen LogP contribution in [0.2, 0.25) is 10.0 Å². The maximum Gasteiger partial charge on any atom is 0.219 e. The van der Waals surface area contributed by atoms with Gasteiger partial charge in [-0.3, -0.25) is 4.79 Å². The molecule has 3 heterocycles. The molecule has 0 saturated carbocycles. The third kappa shape index (κ3) is 5.54. The van der Waals surface area contributed by atoms with Crippen LogP contribution >= 0.6 is 23.2 Å². The average Bonchev–Trinajstić information content (AvgIpc) is 3.54. The maximum atomic E-state index is 11.6. The molecule has 2 aromatic carbocycles. The molecule has 0 aliphatic carbocycles. The minimum absolute atomic E-state index is 0.0698. The molecule has 0 spiro atoms. The van der Waals surface area contributed by atoms with E-state index in [1.165, 1.54) is 11.3 Å². The van der Waals surface area contributed by atoms with Crippen molar-refractivity contribution in [2.24, 2.45) is 0 Å². The van der Waals surface area contributed by atoms with Crippen LogP contribution in [0.5, 0.6) is 0 Å². The van der Waals surface area contributed by atoms with E-state index in [1.54, 1.807) is 31.6 Å². The van der Waals surface area contributed by atoms with Gasteiger partial charge in [-0.05, 0) is 42.7 Å². The number of hydrogen-bond acceptors (Lipinski definition) is 5. The van der Waals surface area contributed by atoms with Crippen LogP contribution in [0, 0.1) is 0 Å². The Morgan fingerprint density at radius 3 is 2.56 bits per heavy atom. The second kappa shape index (κ2) is 10.8. The number of aromatic nitrogens is 2. The summed E-state index contributed by atoms with van der Waals surface area (Å²) in [6.07, 6.45) is 6.99. The van der Waals surface area contributed by atoms with Crippen molar-refractivity contribution < 1.29 is 14.3 Å².